The van der Waals surface area contributed by atoms with Gasteiger partial charge in [-0.25, -0.2) is 0 Å². The monoisotopic (exact) mass is 223 g/mol. The van der Waals surface area contributed by atoms with Crippen molar-refractivity contribution in [2.45, 2.75) is 31.3 Å². The normalized spacial score (nSPS) is 32.5. The molecule has 1 atom stereocenters. The Hall–Kier alpha value is -0.940. The van der Waals surface area contributed by atoms with Crippen molar-refractivity contribution in [3.05, 3.63) is 0 Å². The van der Waals surface area contributed by atoms with Crippen molar-refractivity contribution in [2.24, 2.45) is 0 Å². The van der Waals surface area contributed by atoms with E-state index in [4.69, 9.17) is 0 Å². The van der Waals surface area contributed by atoms with Crippen LogP contribution >= 0.6 is 0 Å². The van der Waals surface area contributed by atoms with Crippen molar-refractivity contribution in [3.8, 4) is 0 Å². The average molecular weight is 223 g/mol. The number of hydrogen-bond donors (Lipinski definition) is 1. The molecular formula is C11H17N3O2. The maximum absolute atomic E-state index is 12.1. The molecule has 0 aromatic carbocycles. The molecule has 2 heterocycles. The predicted molar refractivity (Wildman–Crippen MR) is 57.7 cm³/mol. The number of piperazine rings is 1. The molecule has 0 spiro atoms. The Labute approximate surface area is 94.8 Å². The van der Waals surface area contributed by atoms with Crippen LogP contribution in [0.3, 0.4) is 0 Å². The molecule has 16 heavy (non-hydrogen) atoms. The highest BCUT2D eigenvalue weighted by molar-refractivity contribution is 6.06. The highest BCUT2D eigenvalue weighted by atomic mass is 16.2. The first-order valence-corrected chi connectivity index (χ1v) is 6.08. The van der Waals surface area contributed by atoms with Gasteiger partial charge in [-0.2, -0.15) is 0 Å². The van der Waals surface area contributed by atoms with E-state index in [2.05, 4.69) is 10.2 Å². The summed E-state index contributed by atoms with van der Waals surface area (Å²) in [6, 6.07) is 0.0584. The van der Waals surface area contributed by atoms with Crippen molar-refractivity contribution in [3.63, 3.8) is 0 Å². The van der Waals surface area contributed by atoms with E-state index >= 15 is 0 Å². The summed E-state index contributed by atoms with van der Waals surface area (Å²) in [6.45, 7) is 3.59. The van der Waals surface area contributed by atoms with Crippen LogP contribution in [-0.2, 0) is 9.59 Å². The van der Waals surface area contributed by atoms with E-state index in [1.54, 1.807) is 0 Å². The van der Waals surface area contributed by atoms with Crippen LogP contribution in [-0.4, -0.2) is 59.9 Å². The number of rotatable bonds is 2. The highest BCUT2D eigenvalue weighted by Crippen LogP contribution is 2.32. The molecule has 0 radical (unpaired) electrons. The number of carbonyl (C=O) groups excluding carboxylic acids is 2. The van der Waals surface area contributed by atoms with Gasteiger partial charge >= 0.3 is 0 Å². The lowest BCUT2D eigenvalue weighted by molar-refractivity contribution is -0.140. The zero-order valence-electron chi connectivity index (χ0n) is 9.32. The molecule has 0 bridgehead atoms. The van der Waals surface area contributed by atoms with Crippen LogP contribution in [0.1, 0.15) is 19.3 Å². The fraction of sp³-hybridized carbons (Fsp3) is 0.818. The second-order valence-corrected chi connectivity index (χ2v) is 4.84. The van der Waals surface area contributed by atoms with Crippen LogP contribution in [0.5, 0.6) is 0 Å². The SMILES string of the molecule is O=C1CC(N2CCNCC2)C(=O)N1C1CC1. The summed E-state index contributed by atoms with van der Waals surface area (Å²) >= 11 is 0. The first kappa shape index (κ1) is 10.2. The van der Waals surface area contributed by atoms with Crippen molar-refractivity contribution in [1.82, 2.24) is 15.1 Å². The lowest BCUT2D eigenvalue weighted by atomic mass is 10.2. The predicted octanol–water partition coefficient (Wildman–Crippen LogP) is -0.818. The number of carbonyl (C=O) groups is 2. The van der Waals surface area contributed by atoms with E-state index in [-0.39, 0.29) is 23.9 Å². The lowest BCUT2D eigenvalue weighted by Crippen LogP contribution is -2.51. The summed E-state index contributed by atoms with van der Waals surface area (Å²) in [4.78, 5) is 27.6. The van der Waals surface area contributed by atoms with Crippen molar-refractivity contribution in [2.75, 3.05) is 26.2 Å². The Bertz CT molecular complexity index is 321. The van der Waals surface area contributed by atoms with E-state index < -0.39 is 0 Å². The van der Waals surface area contributed by atoms with Gasteiger partial charge in [0.15, 0.2) is 0 Å². The largest absolute Gasteiger partial charge is 0.314 e. The summed E-state index contributed by atoms with van der Waals surface area (Å²) in [6.07, 6.45) is 2.41. The summed E-state index contributed by atoms with van der Waals surface area (Å²) in [5.41, 5.74) is 0. The van der Waals surface area contributed by atoms with Gasteiger partial charge in [0.1, 0.15) is 0 Å². The second-order valence-electron chi connectivity index (χ2n) is 4.84. The van der Waals surface area contributed by atoms with E-state index in [0.717, 1.165) is 39.0 Å². The van der Waals surface area contributed by atoms with Gasteiger partial charge in [0.05, 0.1) is 12.5 Å². The Morgan fingerprint density at radius 1 is 1.12 bits per heavy atom. The molecule has 88 valence electrons. The zero-order chi connectivity index (χ0) is 11.1. The zero-order valence-corrected chi connectivity index (χ0v) is 9.32. The Morgan fingerprint density at radius 3 is 2.44 bits per heavy atom. The molecule has 1 saturated carbocycles. The Kier molecular flexibility index (Phi) is 2.44. The topological polar surface area (TPSA) is 52.7 Å². The van der Waals surface area contributed by atoms with Gasteiger partial charge in [0.25, 0.3) is 0 Å². The minimum absolute atomic E-state index is 0.0380. The van der Waals surface area contributed by atoms with Gasteiger partial charge in [-0.1, -0.05) is 0 Å². The van der Waals surface area contributed by atoms with Crippen LogP contribution in [0.2, 0.25) is 0 Å². The van der Waals surface area contributed by atoms with Gasteiger partial charge in [0.2, 0.25) is 11.8 Å². The fourth-order valence-electron chi connectivity index (χ4n) is 2.63. The molecule has 3 aliphatic rings. The number of imide groups is 1. The van der Waals surface area contributed by atoms with Crippen molar-refractivity contribution < 1.29 is 9.59 Å². The lowest BCUT2D eigenvalue weighted by Gasteiger charge is -2.31. The number of likely N-dealkylation sites (tertiary alicyclic amines) is 1. The smallest absolute Gasteiger partial charge is 0.247 e. The third-order valence-electron chi connectivity index (χ3n) is 3.66. The molecule has 1 N–H and O–H groups in total. The molecule has 1 aliphatic carbocycles. The molecule has 2 saturated heterocycles. The molecule has 2 amide bonds. The third-order valence-corrected chi connectivity index (χ3v) is 3.66. The maximum Gasteiger partial charge on any atom is 0.247 e. The van der Waals surface area contributed by atoms with Gasteiger partial charge in [-0.3, -0.25) is 19.4 Å². The molecule has 1 unspecified atom stereocenters. The molecule has 3 fully saturated rings. The number of nitrogens with zero attached hydrogens (tertiary/aromatic N) is 2. The summed E-state index contributed by atoms with van der Waals surface area (Å²) in [5, 5.41) is 3.26. The minimum Gasteiger partial charge on any atom is -0.314 e. The van der Waals surface area contributed by atoms with Crippen LogP contribution < -0.4 is 5.32 Å². The molecule has 5 heteroatoms. The minimum atomic E-state index is -0.171. The number of nitrogens with one attached hydrogen (secondary N) is 1. The summed E-state index contributed by atoms with van der Waals surface area (Å²) < 4.78 is 0. The molecule has 2 aliphatic heterocycles. The third kappa shape index (κ3) is 1.64. The van der Waals surface area contributed by atoms with Gasteiger partial charge in [0, 0.05) is 32.2 Å². The van der Waals surface area contributed by atoms with E-state index in [9.17, 15) is 9.59 Å². The summed E-state index contributed by atoms with van der Waals surface area (Å²) in [7, 11) is 0. The standard InChI is InChI=1S/C11H17N3O2/c15-10-7-9(13-5-3-12-4-6-13)11(16)14(10)8-1-2-8/h8-9,12H,1-7H2. The molecule has 0 aromatic rings. The van der Waals surface area contributed by atoms with Crippen molar-refractivity contribution >= 4 is 11.8 Å². The maximum atomic E-state index is 12.1. The molecular weight excluding hydrogens is 206 g/mol. The quantitative estimate of drug-likeness (QED) is 0.622. The van der Waals surface area contributed by atoms with Crippen LogP contribution in [0.15, 0.2) is 0 Å². The molecule has 0 aromatic heterocycles. The molecule has 5 nitrogen and oxygen atoms in total. The van der Waals surface area contributed by atoms with Crippen LogP contribution in [0.25, 0.3) is 0 Å². The van der Waals surface area contributed by atoms with Crippen molar-refractivity contribution in [1.29, 1.82) is 0 Å². The average Bonchev–Trinajstić information content (AvgIpc) is 3.07. The van der Waals surface area contributed by atoms with E-state index in [1.807, 2.05) is 0 Å². The van der Waals surface area contributed by atoms with E-state index in [0.29, 0.717) is 6.42 Å². The second kappa shape index (κ2) is 3.82. The van der Waals surface area contributed by atoms with Crippen LogP contribution in [0.4, 0.5) is 0 Å². The highest BCUT2D eigenvalue weighted by Gasteiger charge is 2.47. The van der Waals surface area contributed by atoms with Gasteiger partial charge in [-0.05, 0) is 12.8 Å². The van der Waals surface area contributed by atoms with Gasteiger partial charge < -0.3 is 5.32 Å². The number of amides is 2. The first-order valence-electron chi connectivity index (χ1n) is 6.08. The molecule has 3 rings (SSSR count). The van der Waals surface area contributed by atoms with Gasteiger partial charge in [-0.15, -0.1) is 0 Å². The Balaban J connectivity index is 1.72. The van der Waals surface area contributed by atoms with Crippen LogP contribution in [0, 0.1) is 0 Å². The summed E-state index contributed by atoms with van der Waals surface area (Å²) in [5.74, 6) is 0.0884. The fourth-order valence-corrected chi connectivity index (χ4v) is 2.63. The number of hydrogen-bond acceptors (Lipinski definition) is 4. The first-order chi connectivity index (χ1) is 7.77. The Morgan fingerprint density at radius 2 is 1.81 bits per heavy atom. The van der Waals surface area contributed by atoms with E-state index in [1.165, 1.54) is 4.90 Å².